The van der Waals surface area contributed by atoms with Crippen LogP contribution in [0.15, 0.2) is 23.6 Å². The van der Waals surface area contributed by atoms with Crippen molar-refractivity contribution in [2.24, 2.45) is 0 Å². The van der Waals surface area contributed by atoms with Gasteiger partial charge in [0.25, 0.3) is 0 Å². The standard InChI is InChI=1S/C14H20N2O2S/c1-4-16(5-2)14(18)11-15(3)13(17)9-8-12-7-6-10-19-12/h6-10H,4-5,11H2,1-3H3/b9-8+. The van der Waals surface area contributed by atoms with Crippen LogP contribution >= 0.6 is 11.3 Å². The van der Waals surface area contributed by atoms with Gasteiger partial charge >= 0.3 is 0 Å². The van der Waals surface area contributed by atoms with E-state index in [4.69, 9.17) is 0 Å². The van der Waals surface area contributed by atoms with Gasteiger partial charge in [-0.3, -0.25) is 9.59 Å². The second-order valence-electron chi connectivity index (χ2n) is 4.11. The predicted molar refractivity (Wildman–Crippen MR) is 78.9 cm³/mol. The van der Waals surface area contributed by atoms with Crippen molar-refractivity contribution in [1.29, 1.82) is 0 Å². The van der Waals surface area contributed by atoms with Crippen molar-refractivity contribution in [2.75, 3.05) is 26.7 Å². The van der Waals surface area contributed by atoms with E-state index in [0.29, 0.717) is 13.1 Å². The maximum absolute atomic E-state index is 11.9. The molecule has 104 valence electrons. The molecule has 0 atom stereocenters. The van der Waals surface area contributed by atoms with Crippen LogP contribution in [-0.4, -0.2) is 48.3 Å². The minimum Gasteiger partial charge on any atom is -0.342 e. The van der Waals surface area contributed by atoms with E-state index in [1.54, 1.807) is 29.4 Å². The zero-order valence-corrected chi connectivity index (χ0v) is 12.4. The highest BCUT2D eigenvalue weighted by Gasteiger charge is 2.14. The summed E-state index contributed by atoms with van der Waals surface area (Å²) in [6, 6.07) is 3.87. The normalized spacial score (nSPS) is 10.7. The van der Waals surface area contributed by atoms with Gasteiger partial charge in [0.1, 0.15) is 0 Å². The Kier molecular flexibility index (Phi) is 6.29. The van der Waals surface area contributed by atoms with Gasteiger partial charge < -0.3 is 9.80 Å². The molecule has 0 spiro atoms. The third kappa shape index (κ3) is 4.87. The highest BCUT2D eigenvalue weighted by molar-refractivity contribution is 7.10. The molecule has 0 N–H and O–H groups in total. The smallest absolute Gasteiger partial charge is 0.246 e. The molecule has 0 saturated heterocycles. The Hall–Kier alpha value is -1.62. The fourth-order valence-electron chi connectivity index (χ4n) is 1.62. The largest absolute Gasteiger partial charge is 0.342 e. The van der Waals surface area contributed by atoms with Crippen LogP contribution in [0.25, 0.3) is 6.08 Å². The molecule has 0 fully saturated rings. The Morgan fingerprint density at radius 1 is 1.32 bits per heavy atom. The van der Waals surface area contributed by atoms with Crippen LogP contribution in [-0.2, 0) is 9.59 Å². The lowest BCUT2D eigenvalue weighted by Gasteiger charge is -2.22. The van der Waals surface area contributed by atoms with Crippen molar-refractivity contribution < 1.29 is 9.59 Å². The van der Waals surface area contributed by atoms with Crippen LogP contribution in [0.1, 0.15) is 18.7 Å². The van der Waals surface area contributed by atoms with E-state index in [0.717, 1.165) is 4.88 Å². The lowest BCUT2D eigenvalue weighted by molar-refractivity contribution is -0.136. The summed E-state index contributed by atoms with van der Waals surface area (Å²) in [4.78, 5) is 27.9. The number of hydrogen-bond acceptors (Lipinski definition) is 3. The Morgan fingerprint density at radius 3 is 2.53 bits per heavy atom. The molecule has 0 aliphatic rings. The van der Waals surface area contributed by atoms with Crippen molar-refractivity contribution in [3.05, 3.63) is 28.5 Å². The van der Waals surface area contributed by atoms with E-state index in [2.05, 4.69) is 0 Å². The minimum absolute atomic E-state index is 0.0228. The van der Waals surface area contributed by atoms with E-state index in [1.807, 2.05) is 31.4 Å². The van der Waals surface area contributed by atoms with Gasteiger partial charge in [-0.15, -0.1) is 11.3 Å². The number of carbonyl (C=O) groups is 2. The summed E-state index contributed by atoms with van der Waals surface area (Å²) >= 11 is 1.57. The minimum atomic E-state index is -0.158. The first kappa shape index (κ1) is 15.4. The third-order valence-electron chi connectivity index (χ3n) is 2.80. The van der Waals surface area contributed by atoms with Gasteiger partial charge in [-0.1, -0.05) is 6.07 Å². The highest BCUT2D eigenvalue weighted by Crippen LogP contribution is 2.10. The summed E-state index contributed by atoms with van der Waals surface area (Å²) in [5.41, 5.74) is 0. The van der Waals surface area contributed by atoms with E-state index in [9.17, 15) is 9.59 Å². The second-order valence-corrected chi connectivity index (χ2v) is 5.09. The molecule has 4 nitrogen and oxygen atoms in total. The van der Waals surface area contributed by atoms with Crippen LogP contribution in [0, 0.1) is 0 Å². The summed E-state index contributed by atoms with van der Waals surface area (Å²) in [6.07, 6.45) is 3.27. The Labute approximate surface area is 118 Å². The van der Waals surface area contributed by atoms with Crippen LogP contribution in [0.4, 0.5) is 0 Å². The predicted octanol–water partition coefficient (Wildman–Crippen LogP) is 2.09. The zero-order valence-electron chi connectivity index (χ0n) is 11.6. The molecule has 0 radical (unpaired) electrons. The summed E-state index contributed by atoms with van der Waals surface area (Å²) < 4.78 is 0. The number of nitrogens with zero attached hydrogens (tertiary/aromatic N) is 2. The summed E-state index contributed by atoms with van der Waals surface area (Å²) in [5, 5.41) is 1.96. The van der Waals surface area contributed by atoms with Crippen molar-refractivity contribution in [2.45, 2.75) is 13.8 Å². The van der Waals surface area contributed by atoms with Gasteiger partial charge in [-0.05, 0) is 31.4 Å². The first-order chi connectivity index (χ1) is 9.08. The molecule has 0 aliphatic carbocycles. The van der Waals surface area contributed by atoms with Crippen molar-refractivity contribution >= 4 is 29.2 Å². The maximum atomic E-state index is 11.9. The average molecular weight is 280 g/mol. The molecule has 1 aromatic heterocycles. The molecule has 0 aromatic carbocycles. The highest BCUT2D eigenvalue weighted by atomic mass is 32.1. The molecular weight excluding hydrogens is 260 g/mol. The summed E-state index contributed by atoms with van der Waals surface area (Å²) in [7, 11) is 1.64. The quantitative estimate of drug-likeness (QED) is 0.749. The van der Waals surface area contributed by atoms with Crippen LogP contribution in [0.3, 0.4) is 0 Å². The van der Waals surface area contributed by atoms with E-state index >= 15 is 0 Å². The maximum Gasteiger partial charge on any atom is 0.246 e. The first-order valence-corrected chi connectivity index (χ1v) is 7.20. The number of hydrogen-bond donors (Lipinski definition) is 0. The van der Waals surface area contributed by atoms with Crippen molar-refractivity contribution in [3.8, 4) is 0 Å². The lowest BCUT2D eigenvalue weighted by Crippen LogP contribution is -2.40. The summed E-state index contributed by atoms with van der Waals surface area (Å²) in [6.45, 7) is 5.32. The number of thiophene rings is 1. The van der Waals surface area contributed by atoms with E-state index in [1.165, 1.54) is 11.0 Å². The van der Waals surface area contributed by atoms with Gasteiger partial charge in [0.15, 0.2) is 0 Å². The second kappa shape index (κ2) is 7.74. The Morgan fingerprint density at radius 2 is 2.00 bits per heavy atom. The van der Waals surface area contributed by atoms with Gasteiger partial charge in [-0.2, -0.15) is 0 Å². The zero-order chi connectivity index (χ0) is 14.3. The van der Waals surface area contributed by atoms with Gasteiger partial charge in [0, 0.05) is 31.1 Å². The van der Waals surface area contributed by atoms with Crippen LogP contribution < -0.4 is 0 Å². The van der Waals surface area contributed by atoms with Crippen molar-refractivity contribution in [1.82, 2.24) is 9.80 Å². The van der Waals surface area contributed by atoms with Crippen molar-refractivity contribution in [3.63, 3.8) is 0 Å². The number of rotatable bonds is 6. The third-order valence-corrected chi connectivity index (χ3v) is 3.64. The molecule has 1 rings (SSSR count). The van der Waals surface area contributed by atoms with E-state index < -0.39 is 0 Å². The van der Waals surface area contributed by atoms with Gasteiger partial charge in [0.2, 0.25) is 11.8 Å². The SMILES string of the molecule is CCN(CC)C(=O)CN(C)C(=O)/C=C/c1cccs1. The molecule has 0 aliphatic heterocycles. The number of carbonyl (C=O) groups excluding carboxylic acids is 2. The summed E-state index contributed by atoms with van der Waals surface area (Å²) in [5.74, 6) is -0.181. The van der Waals surface area contributed by atoms with Crippen LogP contribution in [0.2, 0.25) is 0 Å². The van der Waals surface area contributed by atoms with Gasteiger partial charge in [0.05, 0.1) is 6.54 Å². The van der Waals surface area contributed by atoms with Gasteiger partial charge in [-0.25, -0.2) is 0 Å². The molecular formula is C14H20N2O2S. The number of amides is 2. The molecule has 19 heavy (non-hydrogen) atoms. The topological polar surface area (TPSA) is 40.6 Å². The lowest BCUT2D eigenvalue weighted by atomic mass is 10.3. The molecule has 2 amide bonds. The first-order valence-electron chi connectivity index (χ1n) is 6.32. The Balaban J connectivity index is 2.51. The molecule has 1 aromatic rings. The number of likely N-dealkylation sites (N-methyl/N-ethyl adjacent to an activating group) is 2. The molecule has 5 heteroatoms. The van der Waals surface area contributed by atoms with Crippen LogP contribution in [0.5, 0.6) is 0 Å². The fourth-order valence-corrected chi connectivity index (χ4v) is 2.24. The molecule has 0 saturated carbocycles. The molecule has 0 unspecified atom stereocenters. The monoisotopic (exact) mass is 280 g/mol. The molecule has 1 heterocycles. The molecule has 0 bridgehead atoms. The Bertz CT molecular complexity index is 436. The average Bonchev–Trinajstić information content (AvgIpc) is 2.90. The van der Waals surface area contributed by atoms with E-state index in [-0.39, 0.29) is 18.4 Å². The fraction of sp³-hybridized carbons (Fsp3) is 0.429.